The molecule has 0 aliphatic heterocycles. The summed E-state index contributed by atoms with van der Waals surface area (Å²) < 4.78 is 45.0. The number of fused-ring (bicyclic) bond motifs is 1. The number of ether oxygens (including phenoxy) is 1. The van der Waals surface area contributed by atoms with Gasteiger partial charge in [-0.1, -0.05) is 30.3 Å². The maximum Gasteiger partial charge on any atom is 0.416 e. The van der Waals surface area contributed by atoms with Gasteiger partial charge in [-0.25, -0.2) is 0 Å². The zero-order valence-corrected chi connectivity index (χ0v) is 17.7. The molecule has 0 radical (unpaired) electrons. The van der Waals surface area contributed by atoms with Crippen LogP contribution in [0.1, 0.15) is 23.1 Å². The molecule has 0 saturated carbocycles. The summed E-state index contributed by atoms with van der Waals surface area (Å²) in [5, 5.41) is 9.41. The molecule has 0 fully saturated rings. The van der Waals surface area contributed by atoms with E-state index in [0.717, 1.165) is 23.3 Å². The van der Waals surface area contributed by atoms with Crippen molar-refractivity contribution in [1.82, 2.24) is 0 Å². The summed E-state index contributed by atoms with van der Waals surface area (Å²) in [5.41, 5.74) is 6.89. The van der Waals surface area contributed by atoms with Crippen molar-refractivity contribution in [2.75, 3.05) is 0 Å². The topological polar surface area (TPSA) is 72.6 Å². The van der Waals surface area contributed by atoms with Crippen molar-refractivity contribution in [2.24, 2.45) is 5.73 Å². The Morgan fingerprint density at radius 2 is 1.59 bits per heavy atom. The van der Waals surface area contributed by atoms with Crippen molar-refractivity contribution >= 4 is 18.4 Å². The Bertz CT molecular complexity index is 1150. The van der Waals surface area contributed by atoms with Crippen molar-refractivity contribution in [1.29, 1.82) is 0 Å². The zero-order chi connectivity index (χ0) is 22.2. The second-order valence-corrected chi connectivity index (χ2v) is 7.78. The molecule has 168 valence electrons. The van der Waals surface area contributed by atoms with Gasteiger partial charge in [-0.15, -0.1) is 12.4 Å². The Morgan fingerprint density at radius 3 is 2.28 bits per heavy atom. The van der Waals surface area contributed by atoms with Crippen molar-refractivity contribution in [3.63, 3.8) is 0 Å². The molecule has 0 amide bonds. The predicted octanol–water partition coefficient (Wildman–Crippen LogP) is 5.86. The van der Waals surface area contributed by atoms with Gasteiger partial charge < -0.3 is 15.6 Å². The molecule has 1 unspecified atom stereocenters. The van der Waals surface area contributed by atoms with Crippen LogP contribution in [-0.4, -0.2) is 16.6 Å². The molecule has 3 N–H and O–H groups in total. The highest BCUT2D eigenvalue weighted by Gasteiger charge is 2.37. The van der Waals surface area contributed by atoms with E-state index in [4.69, 9.17) is 10.5 Å². The summed E-state index contributed by atoms with van der Waals surface area (Å²) in [5.74, 6) is -0.0595. The fourth-order valence-electron chi connectivity index (χ4n) is 3.79. The molecule has 1 aliphatic rings. The van der Waals surface area contributed by atoms with E-state index in [2.05, 4.69) is 0 Å². The van der Waals surface area contributed by atoms with Gasteiger partial charge in [0.1, 0.15) is 17.0 Å². The lowest BCUT2D eigenvalue weighted by atomic mass is 9.78. The molecule has 4 rings (SSSR count). The maximum atomic E-state index is 13.0. The molecule has 0 saturated heterocycles. The fourth-order valence-corrected chi connectivity index (χ4v) is 3.79. The highest BCUT2D eigenvalue weighted by molar-refractivity contribution is 5.85. The van der Waals surface area contributed by atoms with Gasteiger partial charge in [0.25, 0.3) is 0 Å². The number of benzene rings is 3. The van der Waals surface area contributed by atoms with Crippen LogP contribution in [0.5, 0.6) is 11.5 Å². The van der Waals surface area contributed by atoms with Crippen LogP contribution in [0.25, 0.3) is 11.1 Å². The minimum atomic E-state index is -4.42. The molecule has 32 heavy (non-hydrogen) atoms. The van der Waals surface area contributed by atoms with E-state index in [-0.39, 0.29) is 18.8 Å². The third kappa shape index (κ3) is 4.89. The minimum absolute atomic E-state index is 0. The van der Waals surface area contributed by atoms with Crippen molar-refractivity contribution in [3.05, 3.63) is 83.4 Å². The van der Waals surface area contributed by atoms with Crippen molar-refractivity contribution in [2.45, 2.75) is 31.0 Å². The van der Waals surface area contributed by atoms with Crippen LogP contribution in [0.2, 0.25) is 0 Å². The van der Waals surface area contributed by atoms with Crippen LogP contribution in [0, 0.1) is 0 Å². The zero-order valence-electron chi connectivity index (χ0n) is 16.9. The van der Waals surface area contributed by atoms with Crippen LogP contribution in [-0.2, 0) is 23.8 Å². The number of rotatable bonds is 4. The lowest BCUT2D eigenvalue weighted by Crippen LogP contribution is -2.52. The number of nitrogens with two attached hydrogens (primary N) is 1. The molecule has 0 bridgehead atoms. The van der Waals surface area contributed by atoms with E-state index in [9.17, 15) is 23.1 Å². The average molecular weight is 464 g/mol. The largest absolute Gasteiger partial charge is 0.480 e. The van der Waals surface area contributed by atoms with Gasteiger partial charge in [0, 0.05) is 6.42 Å². The van der Waals surface area contributed by atoms with Crippen LogP contribution in [0.4, 0.5) is 13.2 Å². The van der Waals surface area contributed by atoms with E-state index >= 15 is 0 Å². The molecule has 1 aliphatic carbocycles. The SMILES string of the molecule is Cl.NC1(C(=O)O)CCc2ccc(Oc3cccc(-c4cccc(C(F)(F)F)c4)c3)cc2C1. The normalized spacial score (nSPS) is 17.8. The highest BCUT2D eigenvalue weighted by Crippen LogP contribution is 2.35. The molecule has 0 aromatic heterocycles. The number of carbonyl (C=O) groups is 1. The minimum Gasteiger partial charge on any atom is -0.480 e. The second kappa shape index (κ2) is 8.84. The summed E-state index contributed by atoms with van der Waals surface area (Å²) in [6.07, 6.45) is -3.27. The molecular formula is C24H21ClF3NO3. The average Bonchev–Trinajstić information content (AvgIpc) is 2.73. The summed E-state index contributed by atoms with van der Waals surface area (Å²) in [6, 6.07) is 17.4. The first-order valence-electron chi connectivity index (χ1n) is 9.74. The first-order valence-corrected chi connectivity index (χ1v) is 9.74. The van der Waals surface area contributed by atoms with E-state index in [1.165, 1.54) is 6.07 Å². The van der Waals surface area contributed by atoms with Crippen LogP contribution >= 0.6 is 12.4 Å². The van der Waals surface area contributed by atoms with Crippen LogP contribution < -0.4 is 10.5 Å². The molecule has 3 aromatic rings. The molecule has 0 spiro atoms. The third-order valence-electron chi connectivity index (χ3n) is 5.54. The number of hydrogen-bond donors (Lipinski definition) is 2. The van der Waals surface area contributed by atoms with Gasteiger partial charge in [-0.2, -0.15) is 13.2 Å². The summed E-state index contributed by atoms with van der Waals surface area (Å²) in [6.45, 7) is 0. The second-order valence-electron chi connectivity index (χ2n) is 7.78. The Labute approximate surface area is 189 Å². The first-order chi connectivity index (χ1) is 14.6. The standard InChI is InChI=1S/C24H20F3NO3.ClH/c25-24(26,27)19-5-1-3-16(11-19)17-4-2-6-20(12-17)31-21-8-7-15-9-10-23(28,22(29)30)14-18(15)13-21;/h1-8,11-13H,9-10,14,28H2,(H,29,30);1H. The fraction of sp³-hybridized carbons (Fsp3) is 0.208. The number of carboxylic acids is 1. The molecule has 4 nitrogen and oxygen atoms in total. The van der Waals surface area contributed by atoms with Gasteiger partial charge in [-0.3, -0.25) is 4.79 Å². The van der Waals surface area contributed by atoms with Crippen LogP contribution in [0.15, 0.2) is 66.7 Å². The molecule has 1 atom stereocenters. The first kappa shape index (κ1) is 23.6. The lowest BCUT2D eigenvalue weighted by Gasteiger charge is -2.31. The Hall–Kier alpha value is -3.03. The van der Waals surface area contributed by atoms with E-state index in [1.807, 2.05) is 6.07 Å². The van der Waals surface area contributed by atoms with Gasteiger partial charge in [0.05, 0.1) is 5.56 Å². The summed E-state index contributed by atoms with van der Waals surface area (Å²) in [7, 11) is 0. The number of hydrogen-bond acceptors (Lipinski definition) is 3. The number of halogens is 4. The summed E-state index contributed by atoms with van der Waals surface area (Å²) in [4.78, 5) is 11.5. The Morgan fingerprint density at radius 1 is 0.938 bits per heavy atom. The van der Waals surface area contributed by atoms with Gasteiger partial charge >= 0.3 is 12.1 Å². The highest BCUT2D eigenvalue weighted by atomic mass is 35.5. The lowest BCUT2D eigenvalue weighted by molar-refractivity contribution is -0.143. The number of carboxylic acid groups (broad SMARTS) is 1. The monoisotopic (exact) mass is 463 g/mol. The van der Waals surface area contributed by atoms with Crippen molar-refractivity contribution < 1.29 is 27.8 Å². The van der Waals surface area contributed by atoms with Gasteiger partial charge in [-0.05, 0) is 71.5 Å². The maximum absolute atomic E-state index is 13.0. The number of aryl methyl sites for hydroxylation is 1. The number of alkyl halides is 3. The molecular weight excluding hydrogens is 443 g/mol. The van der Waals surface area contributed by atoms with Crippen molar-refractivity contribution in [3.8, 4) is 22.6 Å². The molecule has 3 aromatic carbocycles. The van der Waals surface area contributed by atoms with Crippen LogP contribution in [0.3, 0.4) is 0 Å². The third-order valence-corrected chi connectivity index (χ3v) is 5.54. The summed E-state index contributed by atoms with van der Waals surface area (Å²) >= 11 is 0. The molecule has 8 heteroatoms. The van der Waals surface area contributed by atoms with E-state index in [0.29, 0.717) is 35.5 Å². The Kier molecular flexibility index (Phi) is 6.53. The van der Waals surface area contributed by atoms with Gasteiger partial charge in [0.2, 0.25) is 0 Å². The van der Waals surface area contributed by atoms with Gasteiger partial charge in [0.15, 0.2) is 0 Å². The quantitative estimate of drug-likeness (QED) is 0.508. The smallest absolute Gasteiger partial charge is 0.416 e. The Balaban J connectivity index is 0.00000289. The van der Waals surface area contributed by atoms with E-state index < -0.39 is 23.2 Å². The molecule has 0 heterocycles. The predicted molar refractivity (Wildman–Crippen MR) is 117 cm³/mol. The number of aliphatic carboxylic acids is 1. The van der Waals surface area contributed by atoms with E-state index in [1.54, 1.807) is 42.5 Å².